The lowest BCUT2D eigenvalue weighted by molar-refractivity contribution is -0.387. The maximum atomic E-state index is 12.6. The van der Waals surface area contributed by atoms with E-state index in [1.165, 1.54) is 42.1 Å². The zero-order chi connectivity index (χ0) is 20.0. The van der Waals surface area contributed by atoms with Crippen molar-refractivity contribution in [3.05, 3.63) is 69.3 Å². The van der Waals surface area contributed by atoms with Gasteiger partial charge < -0.3 is 5.32 Å². The number of hydrogen-bond acceptors (Lipinski definition) is 4. The topological polar surface area (TPSA) is 72.2 Å². The highest BCUT2D eigenvalue weighted by Gasteiger charge is 2.30. The lowest BCUT2D eigenvalue weighted by Crippen LogP contribution is -2.23. The number of alkyl halides is 3. The molecule has 9 heteroatoms. The van der Waals surface area contributed by atoms with Gasteiger partial charge in [-0.15, -0.1) is 11.8 Å². The van der Waals surface area contributed by atoms with Crippen LogP contribution in [-0.2, 0) is 6.18 Å². The normalized spacial score (nSPS) is 10.7. The minimum Gasteiger partial charge on any atom is -0.341 e. The van der Waals surface area contributed by atoms with Crippen molar-refractivity contribution in [2.45, 2.75) is 11.1 Å². The SMILES string of the molecule is CSc1ccc(C(=O)NCC#Cc2cccc(C(F)(F)F)c2)cc1[N+](=O)[O-]. The maximum absolute atomic E-state index is 12.6. The quantitative estimate of drug-likeness (QED) is 0.367. The van der Waals surface area contributed by atoms with Crippen LogP contribution in [0.5, 0.6) is 0 Å². The molecule has 0 fully saturated rings. The zero-order valence-corrected chi connectivity index (χ0v) is 14.8. The Kier molecular flexibility index (Phi) is 6.47. The number of carbonyl (C=O) groups is 1. The second-order valence-electron chi connectivity index (χ2n) is 5.21. The second kappa shape index (κ2) is 8.60. The van der Waals surface area contributed by atoms with Crippen molar-refractivity contribution in [2.24, 2.45) is 0 Å². The number of hydrogen-bond donors (Lipinski definition) is 1. The molecule has 0 heterocycles. The van der Waals surface area contributed by atoms with Crippen LogP contribution in [0.1, 0.15) is 21.5 Å². The summed E-state index contributed by atoms with van der Waals surface area (Å²) >= 11 is 1.19. The number of carbonyl (C=O) groups excluding carboxylic acids is 1. The third-order valence-electron chi connectivity index (χ3n) is 3.40. The maximum Gasteiger partial charge on any atom is 0.416 e. The fourth-order valence-electron chi connectivity index (χ4n) is 2.12. The van der Waals surface area contributed by atoms with Gasteiger partial charge in [0, 0.05) is 17.2 Å². The number of benzene rings is 2. The Bertz CT molecular complexity index is 933. The van der Waals surface area contributed by atoms with E-state index in [0.717, 1.165) is 12.1 Å². The van der Waals surface area contributed by atoms with E-state index in [4.69, 9.17) is 0 Å². The van der Waals surface area contributed by atoms with Crippen molar-refractivity contribution in [1.29, 1.82) is 0 Å². The molecule has 0 radical (unpaired) electrons. The largest absolute Gasteiger partial charge is 0.416 e. The fourth-order valence-corrected chi connectivity index (χ4v) is 2.67. The number of nitrogens with zero attached hydrogens (tertiary/aromatic N) is 1. The monoisotopic (exact) mass is 394 g/mol. The van der Waals surface area contributed by atoms with Crippen LogP contribution in [0.25, 0.3) is 0 Å². The highest BCUT2D eigenvalue weighted by molar-refractivity contribution is 7.98. The lowest BCUT2D eigenvalue weighted by Gasteiger charge is -2.06. The molecule has 0 saturated heterocycles. The molecule has 0 aromatic heterocycles. The summed E-state index contributed by atoms with van der Waals surface area (Å²) in [5.41, 5.74) is -0.718. The summed E-state index contributed by atoms with van der Waals surface area (Å²) in [5, 5.41) is 13.5. The molecule has 2 aromatic rings. The number of nitrogens with one attached hydrogen (secondary N) is 1. The Morgan fingerprint density at radius 3 is 2.63 bits per heavy atom. The predicted molar refractivity (Wildman–Crippen MR) is 95.5 cm³/mol. The molecule has 140 valence electrons. The van der Waals surface area contributed by atoms with Gasteiger partial charge in [0.15, 0.2) is 0 Å². The molecule has 0 aliphatic carbocycles. The first-order chi connectivity index (χ1) is 12.7. The average molecular weight is 394 g/mol. The summed E-state index contributed by atoms with van der Waals surface area (Å²) in [6.45, 7) is -0.118. The van der Waals surface area contributed by atoms with Gasteiger partial charge in [-0.3, -0.25) is 14.9 Å². The van der Waals surface area contributed by atoms with E-state index in [9.17, 15) is 28.1 Å². The predicted octanol–water partition coefficient (Wildman–Crippen LogP) is 4.12. The minimum absolute atomic E-state index is 0.0976. The van der Waals surface area contributed by atoms with E-state index in [1.54, 1.807) is 6.26 Å². The van der Waals surface area contributed by atoms with Crippen LogP contribution in [0.3, 0.4) is 0 Å². The number of thioether (sulfide) groups is 1. The Morgan fingerprint density at radius 2 is 2.00 bits per heavy atom. The van der Waals surface area contributed by atoms with Gasteiger partial charge in [-0.05, 0) is 36.6 Å². The van der Waals surface area contributed by atoms with E-state index < -0.39 is 22.6 Å². The number of amides is 1. The van der Waals surface area contributed by atoms with Gasteiger partial charge in [-0.2, -0.15) is 13.2 Å². The number of nitro groups is 1. The molecule has 0 saturated carbocycles. The summed E-state index contributed by atoms with van der Waals surface area (Å²) in [4.78, 5) is 22.9. The van der Waals surface area contributed by atoms with Crippen LogP contribution in [0, 0.1) is 22.0 Å². The van der Waals surface area contributed by atoms with E-state index in [1.807, 2.05) is 0 Å². The molecule has 0 aliphatic heterocycles. The van der Waals surface area contributed by atoms with Gasteiger partial charge >= 0.3 is 6.18 Å². The van der Waals surface area contributed by atoms with Crippen LogP contribution < -0.4 is 5.32 Å². The summed E-state index contributed by atoms with van der Waals surface area (Å²) in [6, 6.07) is 8.63. The Balaban J connectivity index is 2.05. The molecule has 0 bridgehead atoms. The van der Waals surface area contributed by atoms with Gasteiger partial charge in [-0.25, -0.2) is 0 Å². The van der Waals surface area contributed by atoms with Gasteiger partial charge in [0.05, 0.1) is 21.9 Å². The first kappa shape index (κ1) is 20.3. The Labute approximate surface area is 157 Å². The van der Waals surface area contributed by atoms with Crippen LogP contribution in [-0.4, -0.2) is 23.6 Å². The first-order valence-corrected chi connectivity index (χ1v) is 8.71. The molecule has 0 atom stereocenters. The van der Waals surface area contributed by atoms with Crippen LogP contribution in [0.15, 0.2) is 47.4 Å². The highest BCUT2D eigenvalue weighted by atomic mass is 32.2. The van der Waals surface area contributed by atoms with Crippen LogP contribution >= 0.6 is 11.8 Å². The Hall–Kier alpha value is -2.99. The van der Waals surface area contributed by atoms with E-state index in [2.05, 4.69) is 17.2 Å². The summed E-state index contributed by atoms with van der Waals surface area (Å²) < 4.78 is 37.9. The molecule has 2 aromatic carbocycles. The molecule has 2 rings (SSSR count). The molecular formula is C18H13F3N2O3S. The third kappa shape index (κ3) is 5.49. The Morgan fingerprint density at radius 1 is 1.26 bits per heavy atom. The fraction of sp³-hybridized carbons (Fsp3) is 0.167. The first-order valence-electron chi connectivity index (χ1n) is 7.49. The van der Waals surface area contributed by atoms with Crippen molar-refractivity contribution < 1.29 is 22.9 Å². The van der Waals surface area contributed by atoms with Crippen molar-refractivity contribution in [3.63, 3.8) is 0 Å². The summed E-state index contributed by atoms with van der Waals surface area (Å²) in [7, 11) is 0. The molecule has 0 spiro atoms. The third-order valence-corrected chi connectivity index (χ3v) is 4.18. The molecule has 5 nitrogen and oxygen atoms in total. The zero-order valence-electron chi connectivity index (χ0n) is 14.0. The van der Waals surface area contributed by atoms with Crippen molar-refractivity contribution in [2.75, 3.05) is 12.8 Å². The summed E-state index contributed by atoms with van der Waals surface area (Å²) in [5.74, 6) is 4.52. The minimum atomic E-state index is -4.45. The smallest absolute Gasteiger partial charge is 0.341 e. The van der Waals surface area contributed by atoms with Crippen LogP contribution in [0.2, 0.25) is 0 Å². The molecule has 0 unspecified atom stereocenters. The standard InChI is InChI=1S/C18H13F3N2O3S/c1-27-16-8-7-13(11-15(16)23(25)26)17(24)22-9-3-5-12-4-2-6-14(10-12)18(19,20)21/h2,4,6-8,10-11H,9H2,1H3,(H,22,24). The van der Waals surface area contributed by atoms with E-state index >= 15 is 0 Å². The lowest BCUT2D eigenvalue weighted by atomic mass is 10.1. The van der Waals surface area contributed by atoms with Crippen LogP contribution in [0.4, 0.5) is 18.9 Å². The molecular weight excluding hydrogens is 381 g/mol. The number of halogens is 3. The molecule has 1 N–H and O–H groups in total. The second-order valence-corrected chi connectivity index (χ2v) is 6.05. The van der Waals surface area contributed by atoms with Crippen molar-refractivity contribution in [3.8, 4) is 11.8 Å². The van der Waals surface area contributed by atoms with Gasteiger partial charge in [0.2, 0.25) is 0 Å². The number of rotatable bonds is 4. The van der Waals surface area contributed by atoms with E-state index in [-0.39, 0.29) is 23.4 Å². The summed E-state index contributed by atoms with van der Waals surface area (Å²) in [6.07, 6.45) is -2.77. The molecule has 27 heavy (non-hydrogen) atoms. The van der Waals surface area contributed by atoms with Gasteiger partial charge in [-0.1, -0.05) is 17.9 Å². The number of nitro benzene ring substituents is 1. The van der Waals surface area contributed by atoms with Crippen molar-refractivity contribution in [1.82, 2.24) is 5.32 Å². The molecule has 1 amide bonds. The average Bonchev–Trinajstić information content (AvgIpc) is 2.64. The van der Waals surface area contributed by atoms with Gasteiger partial charge in [0.25, 0.3) is 11.6 Å². The van der Waals surface area contributed by atoms with Crippen molar-refractivity contribution >= 4 is 23.4 Å². The van der Waals surface area contributed by atoms with E-state index in [0.29, 0.717) is 4.90 Å². The van der Waals surface area contributed by atoms with Gasteiger partial charge in [0.1, 0.15) is 0 Å². The molecule has 0 aliphatic rings. The highest BCUT2D eigenvalue weighted by Crippen LogP contribution is 2.29.